The lowest BCUT2D eigenvalue weighted by Gasteiger charge is -2.02. The van der Waals surface area contributed by atoms with Gasteiger partial charge in [0, 0.05) is 10.9 Å². The molecule has 3 aromatic rings. The summed E-state index contributed by atoms with van der Waals surface area (Å²) in [6, 6.07) is 16.4. The van der Waals surface area contributed by atoms with Gasteiger partial charge in [-0.05, 0) is 18.2 Å². The van der Waals surface area contributed by atoms with Crippen LogP contribution >= 0.6 is 0 Å². The number of carbonyl (C=O) groups is 2. The Morgan fingerprint density at radius 2 is 1.75 bits per heavy atom. The smallest absolute Gasteiger partial charge is 0.331 e. The summed E-state index contributed by atoms with van der Waals surface area (Å²) in [6.07, 6.45) is 0. The molecule has 2 aromatic carbocycles. The maximum absolute atomic E-state index is 12.7. The van der Waals surface area contributed by atoms with Gasteiger partial charge in [-0.15, -0.1) is 0 Å². The van der Waals surface area contributed by atoms with Crippen LogP contribution in [-0.4, -0.2) is 35.4 Å². The topological polar surface area (TPSA) is 70.4 Å². The van der Waals surface area contributed by atoms with Crippen molar-refractivity contribution in [2.45, 2.75) is 6.61 Å². The van der Waals surface area contributed by atoms with E-state index in [0.717, 1.165) is 5.39 Å². The van der Waals surface area contributed by atoms with Crippen LogP contribution in [0.2, 0.25) is 0 Å². The van der Waals surface area contributed by atoms with Crippen molar-refractivity contribution in [3.63, 3.8) is 0 Å². The van der Waals surface area contributed by atoms with E-state index in [4.69, 9.17) is 4.74 Å². The maximum atomic E-state index is 12.7. The number of nitrogens with zero attached hydrogens (tertiary/aromatic N) is 2. The number of esters is 1. The van der Waals surface area contributed by atoms with E-state index in [-0.39, 0.29) is 19.1 Å². The summed E-state index contributed by atoms with van der Waals surface area (Å²) >= 11 is 0. The maximum Gasteiger partial charge on any atom is 0.331 e. The first-order chi connectivity index (χ1) is 11.7. The van der Waals surface area contributed by atoms with Gasteiger partial charge >= 0.3 is 5.97 Å². The minimum absolute atomic E-state index is 0.116. The molecule has 0 amide bonds. The summed E-state index contributed by atoms with van der Waals surface area (Å²) in [4.78, 5) is 23.8. The third kappa shape index (κ3) is 3.18. The fourth-order valence-corrected chi connectivity index (χ4v) is 2.39. The Labute approximate surface area is 138 Å². The zero-order valence-electron chi connectivity index (χ0n) is 13.1. The number of aromatic nitrogens is 2. The van der Waals surface area contributed by atoms with Crippen molar-refractivity contribution in [2.24, 2.45) is 0 Å². The third-order valence-corrected chi connectivity index (χ3v) is 3.56. The molecule has 6 heteroatoms. The number of benzene rings is 2. The van der Waals surface area contributed by atoms with Gasteiger partial charge in [-0.1, -0.05) is 36.4 Å². The summed E-state index contributed by atoms with van der Waals surface area (Å²) in [5.41, 5.74) is 1.84. The quantitative estimate of drug-likeness (QED) is 0.674. The molecule has 0 bridgehead atoms. The monoisotopic (exact) mass is 324 g/mol. The summed E-state index contributed by atoms with van der Waals surface area (Å²) < 4.78 is 11.2. The van der Waals surface area contributed by atoms with Crippen LogP contribution in [0.1, 0.15) is 16.1 Å². The highest BCUT2D eigenvalue weighted by molar-refractivity contribution is 6.01. The van der Waals surface area contributed by atoms with E-state index in [0.29, 0.717) is 16.8 Å². The number of hydrogen-bond acceptors (Lipinski definition) is 5. The lowest BCUT2D eigenvalue weighted by Crippen LogP contribution is -2.14. The first-order valence-electron chi connectivity index (χ1n) is 7.41. The van der Waals surface area contributed by atoms with E-state index in [1.807, 2.05) is 30.3 Å². The molecule has 0 atom stereocenters. The molecule has 0 N–H and O–H groups in total. The van der Waals surface area contributed by atoms with Gasteiger partial charge in [0.05, 0.1) is 24.9 Å². The Hall–Kier alpha value is -2.99. The normalized spacial score (nSPS) is 10.7. The summed E-state index contributed by atoms with van der Waals surface area (Å²) in [6.45, 7) is -0.0466. The van der Waals surface area contributed by atoms with Crippen molar-refractivity contribution in [2.75, 3.05) is 13.7 Å². The van der Waals surface area contributed by atoms with Crippen LogP contribution in [-0.2, 0) is 20.9 Å². The van der Waals surface area contributed by atoms with Gasteiger partial charge in [0.2, 0.25) is 0 Å². The number of rotatable bonds is 5. The summed E-state index contributed by atoms with van der Waals surface area (Å²) in [5.74, 6) is -0.676. The van der Waals surface area contributed by atoms with Crippen molar-refractivity contribution in [3.05, 3.63) is 65.9 Å². The number of methoxy groups -OCH3 is 1. The highest BCUT2D eigenvalue weighted by atomic mass is 16.6. The average Bonchev–Trinajstić information content (AvgIpc) is 3.00. The van der Waals surface area contributed by atoms with Crippen LogP contribution in [0.25, 0.3) is 10.9 Å². The first kappa shape index (κ1) is 15.9. The van der Waals surface area contributed by atoms with Gasteiger partial charge in [-0.2, -0.15) is 9.78 Å². The van der Waals surface area contributed by atoms with Crippen LogP contribution in [0.3, 0.4) is 0 Å². The molecule has 0 spiro atoms. The van der Waals surface area contributed by atoms with Crippen LogP contribution in [0, 0.1) is 0 Å². The minimum atomic E-state index is -0.459. The second-order valence-electron chi connectivity index (χ2n) is 5.12. The molecule has 122 valence electrons. The van der Waals surface area contributed by atoms with Gasteiger partial charge < -0.3 is 9.47 Å². The van der Waals surface area contributed by atoms with E-state index >= 15 is 0 Å². The lowest BCUT2D eigenvalue weighted by molar-refractivity contribution is -0.146. The van der Waals surface area contributed by atoms with Crippen LogP contribution in [0.15, 0.2) is 54.6 Å². The Morgan fingerprint density at radius 1 is 1.04 bits per heavy atom. The van der Waals surface area contributed by atoms with Gasteiger partial charge in [-0.3, -0.25) is 4.79 Å². The molecular formula is C18H16N2O4. The Morgan fingerprint density at radius 3 is 2.50 bits per heavy atom. The minimum Gasteiger partial charge on any atom is -0.467 e. The zero-order valence-corrected chi connectivity index (χ0v) is 13.1. The average molecular weight is 324 g/mol. The Balaban J connectivity index is 1.92. The molecular weight excluding hydrogens is 308 g/mol. The molecule has 0 unspecified atom stereocenters. The largest absolute Gasteiger partial charge is 0.467 e. The van der Waals surface area contributed by atoms with E-state index in [1.165, 1.54) is 11.8 Å². The second-order valence-corrected chi connectivity index (χ2v) is 5.12. The predicted octanol–water partition coefficient (Wildman–Crippen LogP) is 2.41. The number of fused-ring (bicyclic) bond motifs is 1. The molecule has 0 saturated carbocycles. The first-order valence-corrected chi connectivity index (χ1v) is 7.41. The standard InChI is InChI=1S/C18H16N2O4/c1-23-17(21)12-24-11-15-14-9-5-6-10-16(14)20(19-15)18(22)13-7-3-2-4-8-13/h2-10H,11-12H2,1H3. The molecule has 6 nitrogen and oxygen atoms in total. The number of carbonyl (C=O) groups excluding carboxylic acids is 2. The molecule has 0 aliphatic heterocycles. The molecule has 1 heterocycles. The van der Waals surface area contributed by atoms with Crippen LogP contribution in [0.5, 0.6) is 0 Å². The lowest BCUT2D eigenvalue weighted by atomic mass is 10.2. The van der Waals surface area contributed by atoms with Crippen molar-refractivity contribution < 1.29 is 19.1 Å². The van der Waals surface area contributed by atoms with Gasteiger partial charge in [0.25, 0.3) is 5.91 Å². The molecule has 3 rings (SSSR count). The Bertz CT molecular complexity index is 871. The highest BCUT2D eigenvalue weighted by Crippen LogP contribution is 2.20. The summed E-state index contributed by atoms with van der Waals surface area (Å²) in [5, 5.41) is 5.19. The van der Waals surface area contributed by atoms with E-state index in [9.17, 15) is 9.59 Å². The number of ether oxygens (including phenoxy) is 2. The van der Waals surface area contributed by atoms with Crippen molar-refractivity contribution >= 4 is 22.8 Å². The van der Waals surface area contributed by atoms with Crippen molar-refractivity contribution in [3.8, 4) is 0 Å². The second kappa shape index (κ2) is 7.06. The van der Waals surface area contributed by atoms with Gasteiger partial charge in [0.1, 0.15) is 6.61 Å². The molecule has 24 heavy (non-hydrogen) atoms. The van der Waals surface area contributed by atoms with Crippen LogP contribution < -0.4 is 0 Å². The molecule has 1 aromatic heterocycles. The van der Waals surface area contributed by atoms with E-state index in [1.54, 1.807) is 24.3 Å². The SMILES string of the molecule is COC(=O)COCc1nn(C(=O)c2ccccc2)c2ccccc12. The molecule has 0 aliphatic carbocycles. The van der Waals surface area contributed by atoms with E-state index < -0.39 is 5.97 Å². The van der Waals surface area contributed by atoms with Gasteiger partial charge in [-0.25, -0.2) is 4.79 Å². The number of para-hydroxylation sites is 1. The van der Waals surface area contributed by atoms with Crippen molar-refractivity contribution in [1.29, 1.82) is 0 Å². The Kier molecular flexibility index (Phi) is 4.67. The molecule has 0 saturated heterocycles. The highest BCUT2D eigenvalue weighted by Gasteiger charge is 2.17. The number of hydrogen-bond donors (Lipinski definition) is 0. The third-order valence-electron chi connectivity index (χ3n) is 3.56. The molecule has 0 aliphatic rings. The predicted molar refractivity (Wildman–Crippen MR) is 87.6 cm³/mol. The fraction of sp³-hybridized carbons (Fsp3) is 0.167. The summed E-state index contributed by atoms with van der Waals surface area (Å²) in [7, 11) is 1.30. The fourth-order valence-electron chi connectivity index (χ4n) is 2.39. The molecule has 0 radical (unpaired) electrons. The van der Waals surface area contributed by atoms with Crippen molar-refractivity contribution in [1.82, 2.24) is 9.78 Å². The van der Waals surface area contributed by atoms with E-state index in [2.05, 4.69) is 9.84 Å². The zero-order chi connectivity index (χ0) is 16.9. The molecule has 0 fully saturated rings. The van der Waals surface area contributed by atoms with Gasteiger partial charge in [0.15, 0.2) is 0 Å². The van der Waals surface area contributed by atoms with Crippen LogP contribution in [0.4, 0.5) is 0 Å².